The number of Topliss-reactive ketones (excluding diaryl/α,β-unsaturated/α-hetero) is 2. The molecule has 4 rings (SSSR count). The number of tetrazole rings is 2. The Kier molecular flexibility index (Phi) is 5.04. The highest BCUT2D eigenvalue weighted by Gasteiger charge is 2.31. The van der Waals surface area contributed by atoms with Crippen molar-refractivity contribution in [2.24, 2.45) is 14.1 Å². The minimum atomic E-state index is -0.421. The van der Waals surface area contributed by atoms with Gasteiger partial charge in [0.05, 0.1) is 11.1 Å². The summed E-state index contributed by atoms with van der Waals surface area (Å²) in [7, 11) is 3.18. The smallest absolute Gasteiger partial charge is 0.197 e. The second-order valence-electron chi connectivity index (χ2n) is 6.39. The van der Waals surface area contributed by atoms with E-state index in [4.69, 9.17) is 0 Å². The first kappa shape index (κ1) is 19.0. The summed E-state index contributed by atoms with van der Waals surface area (Å²) in [5, 5.41) is 22.9. The average Bonchev–Trinajstić information content (AvgIpc) is 3.40. The van der Waals surface area contributed by atoms with E-state index in [1.807, 2.05) is 0 Å². The van der Waals surface area contributed by atoms with Gasteiger partial charge in [0, 0.05) is 25.2 Å². The maximum absolute atomic E-state index is 13.6. The molecule has 0 N–H and O–H groups in total. The lowest BCUT2D eigenvalue weighted by Crippen LogP contribution is -2.17. The number of hydrogen-bond donors (Lipinski definition) is 0. The third-order valence-corrected chi connectivity index (χ3v) is 4.46. The van der Waals surface area contributed by atoms with Crippen LogP contribution in [0.15, 0.2) is 60.7 Å². The van der Waals surface area contributed by atoms with Crippen LogP contribution in [0.4, 0.5) is 0 Å². The Balaban J connectivity index is 2.06. The number of aromatic nitrogens is 8. The lowest BCUT2D eigenvalue weighted by molar-refractivity contribution is 0.103. The second kappa shape index (κ2) is 7.95. The molecule has 30 heavy (non-hydrogen) atoms. The van der Waals surface area contributed by atoms with Gasteiger partial charge in [-0.15, -0.1) is 10.2 Å². The number of rotatable bonds is 6. The van der Waals surface area contributed by atoms with Crippen LogP contribution in [0.2, 0.25) is 0 Å². The predicted octanol–water partition coefficient (Wildman–Crippen LogP) is 1.41. The van der Waals surface area contributed by atoms with Crippen LogP contribution in [0.5, 0.6) is 0 Å². The standard InChI is InChI=1S/C20H16N8O2/c1-27-19(21-23-25-27)15(17(29)13-9-5-3-6-10-13)16(20-22-24-26-28(20)2)18(30)14-11-7-4-8-12-14/h3-12H,1-2H3/b16-15+. The summed E-state index contributed by atoms with van der Waals surface area (Å²) in [5.41, 5.74) is 0.786. The van der Waals surface area contributed by atoms with Crippen molar-refractivity contribution in [1.82, 2.24) is 40.4 Å². The fraction of sp³-hybridized carbons (Fsp3) is 0.100. The van der Waals surface area contributed by atoms with E-state index < -0.39 is 11.6 Å². The summed E-state index contributed by atoms with van der Waals surface area (Å²) in [4.78, 5) is 27.2. The maximum Gasteiger partial charge on any atom is 0.197 e. The number of carbonyl (C=O) groups excluding carboxylic acids is 2. The van der Waals surface area contributed by atoms with Gasteiger partial charge in [-0.3, -0.25) is 9.59 Å². The molecule has 0 unspecified atom stereocenters. The summed E-state index contributed by atoms with van der Waals surface area (Å²) < 4.78 is 2.66. The second-order valence-corrected chi connectivity index (χ2v) is 6.39. The van der Waals surface area contributed by atoms with Gasteiger partial charge in [0.2, 0.25) is 0 Å². The topological polar surface area (TPSA) is 121 Å². The van der Waals surface area contributed by atoms with Crippen molar-refractivity contribution in [3.63, 3.8) is 0 Å². The maximum atomic E-state index is 13.6. The van der Waals surface area contributed by atoms with Crippen LogP contribution < -0.4 is 0 Å². The lowest BCUT2D eigenvalue weighted by Gasteiger charge is -2.12. The summed E-state index contributed by atoms with van der Waals surface area (Å²) in [5.74, 6) is -0.580. The number of aryl methyl sites for hydroxylation is 2. The monoisotopic (exact) mass is 400 g/mol. The first-order chi connectivity index (χ1) is 14.6. The summed E-state index contributed by atoms with van der Waals surface area (Å²) >= 11 is 0. The van der Waals surface area contributed by atoms with Crippen LogP contribution in [0.1, 0.15) is 32.4 Å². The highest BCUT2D eigenvalue weighted by atomic mass is 16.1. The zero-order valence-electron chi connectivity index (χ0n) is 16.2. The molecule has 0 aliphatic rings. The van der Waals surface area contributed by atoms with Gasteiger partial charge in [-0.05, 0) is 20.9 Å². The van der Waals surface area contributed by atoms with Crippen LogP contribution in [0, 0.1) is 0 Å². The molecular formula is C20H16N8O2. The molecule has 0 radical (unpaired) electrons. The highest BCUT2D eigenvalue weighted by Crippen LogP contribution is 2.29. The predicted molar refractivity (Wildman–Crippen MR) is 106 cm³/mol. The third-order valence-electron chi connectivity index (χ3n) is 4.46. The number of nitrogens with zero attached hydrogens (tertiary/aromatic N) is 8. The molecule has 2 heterocycles. The van der Waals surface area contributed by atoms with Gasteiger partial charge in [-0.25, -0.2) is 9.36 Å². The molecule has 10 nitrogen and oxygen atoms in total. The molecule has 2 aromatic heterocycles. The minimum absolute atomic E-state index is 0.0143. The van der Waals surface area contributed by atoms with E-state index in [9.17, 15) is 9.59 Å². The van der Waals surface area contributed by atoms with Gasteiger partial charge < -0.3 is 0 Å². The van der Waals surface area contributed by atoms with Crippen LogP contribution in [0.25, 0.3) is 11.1 Å². The van der Waals surface area contributed by atoms with Gasteiger partial charge in [-0.1, -0.05) is 60.7 Å². The Bertz CT molecular complexity index is 1140. The fourth-order valence-electron chi connectivity index (χ4n) is 3.00. The Morgan fingerprint density at radius 3 is 1.30 bits per heavy atom. The molecule has 0 aliphatic heterocycles. The quantitative estimate of drug-likeness (QED) is 0.352. The molecule has 0 saturated carbocycles. The van der Waals surface area contributed by atoms with Crippen molar-refractivity contribution < 1.29 is 9.59 Å². The van der Waals surface area contributed by atoms with E-state index in [0.717, 1.165) is 0 Å². The SMILES string of the molecule is Cn1nnnc1/C(C(=O)c1ccccc1)=C(\C(=O)c1ccccc1)c1nnnn1C. The van der Waals surface area contributed by atoms with Crippen molar-refractivity contribution in [1.29, 1.82) is 0 Å². The van der Waals surface area contributed by atoms with E-state index in [1.165, 1.54) is 9.36 Å². The van der Waals surface area contributed by atoms with E-state index in [2.05, 4.69) is 31.1 Å². The van der Waals surface area contributed by atoms with Crippen molar-refractivity contribution in [2.45, 2.75) is 0 Å². The molecule has 0 aliphatic carbocycles. The zero-order chi connectivity index (χ0) is 21.1. The van der Waals surface area contributed by atoms with Crippen LogP contribution >= 0.6 is 0 Å². The number of ketones is 2. The summed E-state index contributed by atoms with van der Waals surface area (Å²) in [6.45, 7) is 0. The molecule has 2 aromatic carbocycles. The largest absolute Gasteiger partial charge is 0.288 e. The Labute approximate surface area is 170 Å². The highest BCUT2D eigenvalue weighted by molar-refractivity contribution is 6.45. The van der Waals surface area contributed by atoms with E-state index in [-0.39, 0.29) is 22.8 Å². The molecule has 0 amide bonds. The third kappa shape index (κ3) is 3.41. The molecular weight excluding hydrogens is 384 g/mol. The molecule has 0 bridgehead atoms. The molecule has 4 aromatic rings. The van der Waals surface area contributed by atoms with Gasteiger partial charge in [0.1, 0.15) is 0 Å². The van der Waals surface area contributed by atoms with Crippen molar-refractivity contribution in [3.05, 3.63) is 83.4 Å². The van der Waals surface area contributed by atoms with Crippen molar-refractivity contribution in [2.75, 3.05) is 0 Å². The van der Waals surface area contributed by atoms with Crippen LogP contribution in [-0.4, -0.2) is 52.0 Å². The first-order valence-electron chi connectivity index (χ1n) is 8.97. The summed E-state index contributed by atoms with van der Waals surface area (Å²) in [6, 6.07) is 17.2. The fourth-order valence-corrected chi connectivity index (χ4v) is 3.00. The molecule has 148 valence electrons. The van der Waals surface area contributed by atoms with Gasteiger partial charge in [0.25, 0.3) is 0 Å². The average molecular weight is 400 g/mol. The number of allylic oxidation sites excluding steroid dienone is 2. The van der Waals surface area contributed by atoms with E-state index in [1.54, 1.807) is 74.8 Å². The van der Waals surface area contributed by atoms with E-state index in [0.29, 0.717) is 11.1 Å². The Morgan fingerprint density at radius 1 is 0.633 bits per heavy atom. The molecule has 0 spiro atoms. The zero-order valence-corrected chi connectivity index (χ0v) is 16.2. The molecule has 0 atom stereocenters. The van der Waals surface area contributed by atoms with Crippen LogP contribution in [0.3, 0.4) is 0 Å². The van der Waals surface area contributed by atoms with Crippen molar-refractivity contribution in [3.8, 4) is 0 Å². The lowest BCUT2D eigenvalue weighted by atomic mass is 9.92. The number of benzene rings is 2. The van der Waals surface area contributed by atoms with Crippen molar-refractivity contribution >= 4 is 22.7 Å². The van der Waals surface area contributed by atoms with Crippen LogP contribution in [-0.2, 0) is 14.1 Å². The normalized spacial score (nSPS) is 11.8. The molecule has 0 fully saturated rings. The first-order valence-corrected chi connectivity index (χ1v) is 8.97. The Hall–Kier alpha value is -4.34. The minimum Gasteiger partial charge on any atom is -0.288 e. The van der Waals surface area contributed by atoms with Gasteiger partial charge in [0.15, 0.2) is 23.2 Å². The molecule has 10 heteroatoms. The Morgan fingerprint density at radius 2 is 1.00 bits per heavy atom. The van der Waals surface area contributed by atoms with E-state index >= 15 is 0 Å². The molecule has 0 saturated heterocycles. The van der Waals surface area contributed by atoms with Gasteiger partial charge in [-0.2, -0.15) is 0 Å². The van der Waals surface area contributed by atoms with Gasteiger partial charge >= 0.3 is 0 Å². The number of carbonyl (C=O) groups is 2. The number of hydrogen-bond acceptors (Lipinski definition) is 8. The summed E-state index contributed by atoms with van der Waals surface area (Å²) in [6.07, 6.45) is 0.